The summed E-state index contributed by atoms with van der Waals surface area (Å²) in [4.78, 5) is 18.1. The smallest absolute Gasteiger partial charge is 0.311 e. The van der Waals surface area contributed by atoms with Gasteiger partial charge in [0.15, 0.2) is 5.75 Å². The van der Waals surface area contributed by atoms with E-state index in [1.165, 1.54) is 12.3 Å². The first-order valence-electron chi connectivity index (χ1n) is 12.6. The van der Waals surface area contributed by atoms with Crippen LogP contribution in [0.4, 0.5) is 17.1 Å². The maximum atomic E-state index is 12.0. The van der Waals surface area contributed by atoms with Crippen LogP contribution in [-0.4, -0.2) is 41.0 Å². The summed E-state index contributed by atoms with van der Waals surface area (Å²) in [5.41, 5.74) is 2.26. The van der Waals surface area contributed by atoms with Gasteiger partial charge in [-0.1, -0.05) is 41.4 Å². The van der Waals surface area contributed by atoms with Crippen molar-refractivity contribution in [2.75, 3.05) is 25.5 Å². The fourth-order valence-corrected chi connectivity index (χ4v) is 4.98. The molecule has 9 nitrogen and oxygen atoms in total. The Morgan fingerprint density at radius 3 is 2.60 bits per heavy atom. The third kappa shape index (κ3) is 6.05. The van der Waals surface area contributed by atoms with Crippen molar-refractivity contribution < 1.29 is 14.4 Å². The Bertz CT molecular complexity index is 1620. The fraction of sp³-hybridized carbons (Fsp3) is 0.241. The number of benzene rings is 3. The molecule has 0 aliphatic carbocycles. The van der Waals surface area contributed by atoms with Crippen LogP contribution in [0.5, 0.6) is 11.5 Å². The number of anilines is 2. The number of hydrogen-bond acceptors (Lipinski definition) is 8. The van der Waals surface area contributed by atoms with Gasteiger partial charge in [0.2, 0.25) is 0 Å². The molecule has 0 bridgehead atoms. The summed E-state index contributed by atoms with van der Waals surface area (Å²) < 4.78 is 11.9. The molecule has 0 amide bonds. The molecular formula is C29H25Cl2N5O4. The maximum Gasteiger partial charge on any atom is 0.311 e. The number of halogens is 2. The number of nitrogens with zero attached hydrogens (tertiary/aromatic N) is 4. The van der Waals surface area contributed by atoms with E-state index in [2.05, 4.69) is 21.3 Å². The first kappa shape index (κ1) is 27.5. The predicted molar refractivity (Wildman–Crippen MR) is 155 cm³/mol. The molecule has 0 radical (unpaired) electrons. The second-order valence-electron chi connectivity index (χ2n) is 9.52. The van der Waals surface area contributed by atoms with Gasteiger partial charge in [-0.25, -0.2) is 0 Å². The molecule has 0 spiro atoms. The van der Waals surface area contributed by atoms with E-state index in [-0.39, 0.29) is 29.7 Å². The molecule has 0 saturated carbocycles. The molecule has 0 unspecified atom stereocenters. The maximum absolute atomic E-state index is 12.0. The monoisotopic (exact) mass is 577 g/mol. The number of nitriles is 1. The van der Waals surface area contributed by atoms with Gasteiger partial charge in [-0.05, 0) is 44.2 Å². The number of fused-ring (bicyclic) bond motifs is 1. The van der Waals surface area contributed by atoms with Gasteiger partial charge in [0.25, 0.3) is 0 Å². The van der Waals surface area contributed by atoms with Crippen LogP contribution in [0, 0.1) is 21.4 Å². The highest BCUT2D eigenvalue weighted by Crippen LogP contribution is 2.39. The van der Waals surface area contributed by atoms with Crippen molar-refractivity contribution >= 4 is 51.2 Å². The van der Waals surface area contributed by atoms with Gasteiger partial charge >= 0.3 is 5.69 Å². The van der Waals surface area contributed by atoms with Gasteiger partial charge in [-0.15, -0.1) is 0 Å². The molecule has 1 aliphatic rings. The minimum atomic E-state index is -0.478. The van der Waals surface area contributed by atoms with Gasteiger partial charge in [0.1, 0.15) is 24.5 Å². The number of nitrogens with one attached hydrogen (secondary N) is 1. The van der Waals surface area contributed by atoms with Crippen molar-refractivity contribution in [2.24, 2.45) is 0 Å². The van der Waals surface area contributed by atoms with Crippen LogP contribution in [0.15, 0.2) is 60.8 Å². The Labute approximate surface area is 241 Å². The molecule has 3 aromatic carbocycles. The predicted octanol–water partition coefficient (Wildman–Crippen LogP) is 7.12. The van der Waals surface area contributed by atoms with Crippen LogP contribution in [0.2, 0.25) is 10.0 Å². The second-order valence-corrected chi connectivity index (χ2v) is 10.3. The van der Waals surface area contributed by atoms with Crippen molar-refractivity contribution in [3.8, 4) is 17.6 Å². The molecule has 1 N–H and O–H groups in total. The number of hydrogen-bond donors (Lipinski definition) is 1. The average Bonchev–Trinajstić information content (AvgIpc) is 2.94. The zero-order valence-electron chi connectivity index (χ0n) is 21.6. The standard InChI is InChI=1S/C29H25Cl2N5O4/c1-35-10-8-21(9-11-35)40-28-14-25-22(13-26(28)36(37)38)29(19(15-32)16-33-25)34-20-6-7-27(24(31)12-20)39-17-18-4-2-3-5-23(18)30/h2-7,12-14,16,21H,8-11,17H2,1H3,(H,33,34). The fourth-order valence-electron chi connectivity index (χ4n) is 4.56. The summed E-state index contributed by atoms with van der Waals surface area (Å²) in [5.74, 6) is 0.622. The molecule has 5 rings (SSSR count). The molecule has 40 heavy (non-hydrogen) atoms. The second kappa shape index (κ2) is 12.0. The lowest BCUT2D eigenvalue weighted by Gasteiger charge is -2.29. The minimum absolute atomic E-state index is 0.121. The van der Waals surface area contributed by atoms with Crippen molar-refractivity contribution in [3.05, 3.63) is 92.1 Å². The number of nitro groups is 1. The summed E-state index contributed by atoms with van der Waals surface area (Å²) in [5, 5.41) is 26.3. The van der Waals surface area contributed by atoms with Crippen LogP contribution >= 0.6 is 23.2 Å². The van der Waals surface area contributed by atoms with Crippen molar-refractivity contribution in [2.45, 2.75) is 25.6 Å². The zero-order valence-corrected chi connectivity index (χ0v) is 23.1. The lowest BCUT2D eigenvalue weighted by atomic mass is 10.1. The Balaban J connectivity index is 1.43. The van der Waals surface area contributed by atoms with Crippen LogP contribution in [-0.2, 0) is 6.61 Å². The zero-order chi connectivity index (χ0) is 28.2. The average molecular weight is 578 g/mol. The Morgan fingerprint density at radius 1 is 1.12 bits per heavy atom. The van der Waals surface area contributed by atoms with E-state index >= 15 is 0 Å². The highest BCUT2D eigenvalue weighted by atomic mass is 35.5. The van der Waals surface area contributed by atoms with E-state index in [1.54, 1.807) is 30.3 Å². The lowest BCUT2D eigenvalue weighted by molar-refractivity contribution is -0.386. The van der Waals surface area contributed by atoms with E-state index in [0.29, 0.717) is 38.1 Å². The van der Waals surface area contributed by atoms with Gasteiger partial charge in [0, 0.05) is 53.1 Å². The number of pyridine rings is 1. The number of nitro benzene ring substituents is 1. The highest BCUT2D eigenvalue weighted by molar-refractivity contribution is 6.32. The molecule has 11 heteroatoms. The topological polar surface area (TPSA) is 114 Å². The van der Waals surface area contributed by atoms with E-state index < -0.39 is 4.92 Å². The summed E-state index contributed by atoms with van der Waals surface area (Å²) in [7, 11) is 2.04. The molecule has 0 atom stereocenters. The van der Waals surface area contributed by atoms with Crippen LogP contribution in [0.25, 0.3) is 10.9 Å². The van der Waals surface area contributed by atoms with E-state index in [4.69, 9.17) is 32.7 Å². The molecule has 1 aromatic heterocycles. The van der Waals surface area contributed by atoms with E-state index in [9.17, 15) is 15.4 Å². The summed E-state index contributed by atoms with van der Waals surface area (Å²) in [6.45, 7) is 1.96. The SMILES string of the molecule is CN1CCC(Oc2cc3ncc(C#N)c(Nc4ccc(OCc5ccccc5Cl)c(Cl)c4)c3cc2[N+](=O)[O-])CC1. The Morgan fingerprint density at radius 2 is 1.90 bits per heavy atom. The van der Waals surface area contributed by atoms with E-state index in [0.717, 1.165) is 31.5 Å². The molecule has 1 aliphatic heterocycles. The summed E-state index contributed by atoms with van der Waals surface area (Å²) in [6.07, 6.45) is 2.86. The number of likely N-dealkylation sites (tertiary alicyclic amines) is 1. The van der Waals surface area contributed by atoms with E-state index in [1.807, 2.05) is 25.2 Å². The number of aromatic nitrogens is 1. The number of rotatable bonds is 8. The number of ether oxygens (including phenoxy) is 2. The third-order valence-electron chi connectivity index (χ3n) is 6.77. The van der Waals surface area contributed by atoms with Crippen molar-refractivity contribution in [1.29, 1.82) is 5.26 Å². The summed E-state index contributed by atoms with van der Waals surface area (Å²) in [6, 6.07) is 17.5. The van der Waals surface area contributed by atoms with Crippen molar-refractivity contribution in [3.63, 3.8) is 0 Å². The van der Waals surface area contributed by atoms with Gasteiger partial charge in [0.05, 0.1) is 26.7 Å². The quantitative estimate of drug-likeness (QED) is 0.174. The highest BCUT2D eigenvalue weighted by Gasteiger charge is 2.25. The molecule has 2 heterocycles. The molecule has 1 saturated heterocycles. The van der Waals surface area contributed by atoms with Crippen molar-refractivity contribution in [1.82, 2.24) is 9.88 Å². The van der Waals surface area contributed by atoms with Gasteiger partial charge in [-0.3, -0.25) is 15.1 Å². The third-order valence-corrected chi connectivity index (χ3v) is 7.43. The summed E-state index contributed by atoms with van der Waals surface area (Å²) >= 11 is 12.7. The van der Waals surface area contributed by atoms with Crippen LogP contribution < -0.4 is 14.8 Å². The van der Waals surface area contributed by atoms with Crippen LogP contribution in [0.3, 0.4) is 0 Å². The lowest BCUT2D eigenvalue weighted by Crippen LogP contribution is -2.35. The van der Waals surface area contributed by atoms with Crippen LogP contribution in [0.1, 0.15) is 24.0 Å². The molecular weight excluding hydrogens is 553 g/mol. The minimum Gasteiger partial charge on any atom is -0.487 e. The molecule has 4 aromatic rings. The van der Waals surface area contributed by atoms with Gasteiger partial charge < -0.3 is 19.7 Å². The molecule has 204 valence electrons. The van der Waals surface area contributed by atoms with Gasteiger partial charge in [-0.2, -0.15) is 5.26 Å². The Hall–Kier alpha value is -4.10. The normalized spacial score (nSPS) is 14.1. The Kier molecular flexibility index (Phi) is 8.21. The first-order chi connectivity index (χ1) is 19.3. The number of piperidine rings is 1. The molecule has 1 fully saturated rings. The first-order valence-corrected chi connectivity index (χ1v) is 13.4. The largest absolute Gasteiger partial charge is 0.487 e.